The Kier molecular flexibility index (Phi) is 4.78. The number of rotatable bonds is 3. The van der Waals surface area contributed by atoms with Gasteiger partial charge in [0.25, 0.3) is 0 Å². The third kappa shape index (κ3) is 3.28. The van der Waals surface area contributed by atoms with Gasteiger partial charge in [0.1, 0.15) is 0 Å². The van der Waals surface area contributed by atoms with Crippen molar-refractivity contribution in [3.05, 3.63) is 11.7 Å². The molecule has 3 N–H and O–H groups in total. The number of nitrogens with zero attached hydrogens (tertiary/aromatic N) is 3. The predicted molar refractivity (Wildman–Crippen MR) is 76.3 cm³/mol. The van der Waals surface area contributed by atoms with Crippen molar-refractivity contribution in [2.24, 2.45) is 5.73 Å². The first-order valence-corrected chi connectivity index (χ1v) is 6.36. The number of amides is 1. The van der Waals surface area contributed by atoms with E-state index in [1.807, 2.05) is 32.6 Å². The lowest BCUT2D eigenvalue weighted by atomic mass is 9.99. The topological polar surface area (TPSA) is 97.3 Å². The monoisotopic (exact) mass is 303 g/mol. The Morgan fingerprint density at radius 2 is 2.15 bits per heavy atom. The largest absolute Gasteiger partial charge is 0.353 e. The van der Waals surface area contributed by atoms with Gasteiger partial charge in [-0.1, -0.05) is 5.16 Å². The molecule has 1 saturated heterocycles. The van der Waals surface area contributed by atoms with E-state index in [4.69, 9.17) is 10.3 Å². The second kappa shape index (κ2) is 5.67. The summed E-state index contributed by atoms with van der Waals surface area (Å²) in [6, 6.07) is 0. The van der Waals surface area contributed by atoms with Crippen LogP contribution >= 0.6 is 12.4 Å². The number of nitrogens with two attached hydrogens (primary N) is 1. The number of halogens is 1. The van der Waals surface area contributed by atoms with Crippen molar-refractivity contribution in [3.8, 4) is 0 Å². The molecule has 0 bridgehead atoms. The van der Waals surface area contributed by atoms with Gasteiger partial charge in [0.2, 0.25) is 11.8 Å². The Labute approximate surface area is 124 Å². The number of aromatic nitrogens is 2. The smallest absolute Gasteiger partial charge is 0.240 e. The van der Waals surface area contributed by atoms with E-state index in [0.29, 0.717) is 24.8 Å². The zero-order valence-corrected chi connectivity index (χ0v) is 13.1. The van der Waals surface area contributed by atoms with Crippen molar-refractivity contribution < 1.29 is 9.32 Å². The number of carbonyl (C=O) groups is 1. The van der Waals surface area contributed by atoms with Crippen molar-refractivity contribution in [1.82, 2.24) is 20.4 Å². The summed E-state index contributed by atoms with van der Waals surface area (Å²) < 4.78 is 5.21. The molecule has 1 aromatic rings. The normalized spacial score (nSPS) is 19.4. The molecule has 1 amide bonds. The highest BCUT2D eigenvalue weighted by atomic mass is 35.5. The third-order valence-corrected chi connectivity index (χ3v) is 3.38. The Morgan fingerprint density at radius 1 is 1.50 bits per heavy atom. The van der Waals surface area contributed by atoms with E-state index in [2.05, 4.69) is 15.5 Å². The molecule has 20 heavy (non-hydrogen) atoms. The minimum atomic E-state index is -0.628. The summed E-state index contributed by atoms with van der Waals surface area (Å²) in [6.07, 6.45) is 0. The average molecular weight is 304 g/mol. The fourth-order valence-corrected chi connectivity index (χ4v) is 1.96. The summed E-state index contributed by atoms with van der Waals surface area (Å²) in [5, 5.41) is 6.73. The maximum absolute atomic E-state index is 11.8. The van der Waals surface area contributed by atoms with Crippen LogP contribution in [0.2, 0.25) is 0 Å². The number of hydrogen-bond donors (Lipinski definition) is 2. The maximum Gasteiger partial charge on any atom is 0.240 e. The molecule has 0 saturated carbocycles. The molecule has 1 aromatic heterocycles. The van der Waals surface area contributed by atoms with Crippen molar-refractivity contribution in [2.45, 2.75) is 45.3 Å². The minimum absolute atomic E-state index is 0. The molecular weight excluding hydrogens is 282 g/mol. The molecule has 114 valence electrons. The zero-order chi connectivity index (χ0) is 14.3. The predicted octanol–water partition coefficient (Wildman–Crippen LogP) is 0.396. The number of hydrogen-bond acceptors (Lipinski definition) is 6. The molecule has 7 nitrogen and oxygen atoms in total. The van der Waals surface area contributed by atoms with Crippen molar-refractivity contribution in [3.63, 3.8) is 0 Å². The Bertz CT molecular complexity index is 480. The van der Waals surface area contributed by atoms with Gasteiger partial charge in [0, 0.05) is 13.1 Å². The van der Waals surface area contributed by atoms with Crippen LogP contribution in [0.4, 0.5) is 0 Å². The van der Waals surface area contributed by atoms with Crippen molar-refractivity contribution >= 4 is 18.3 Å². The first-order valence-electron chi connectivity index (χ1n) is 6.36. The highest BCUT2D eigenvalue weighted by Gasteiger charge is 2.38. The molecule has 1 aliphatic heterocycles. The molecule has 1 fully saturated rings. The van der Waals surface area contributed by atoms with Gasteiger partial charge in [-0.15, -0.1) is 12.4 Å². The molecule has 1 aliphatic rings. The van der Waals surface area contributed by atoms with Crippen LogP contribution in [0.1, 0.15) is 39.4 Å². The molecule has 0 aromatic carbocycles. The van der Waals surface area contributed by atoms with E-state index in [1.54, 1.807) is 0 Å². The first kappa shape index (κ1) is 16.9. The van der Waals surface area contributed by atoms with Crippen LogP contribution in [0, 0.1) is 0 Å². The van der Waals surface area contributed by atoms with E-state index < -0.39 is 11.1 Å². The number of piperazine rings is 1. The second-order valence-corrected chi connectivity index (χ2v) is 5.97. The summed E-state index contributed by atoms with van der Waals surface area (Å²) >= 11 is 0. The van der Waals surface area contributed by atoms with Gasteiger partial charge >= 0.3 is 0 Å². The van der Waals surface area contributed by atoms with Gasteiger partial charge in [-0.2, -0.15) is 4.98 Å². The molecule has 0 aliphatic carbocycles. The van der Waals surface area contributed by atoms with Crippen LogP contribution in [0.3, 0.4) is 0 Å². The van der Waals surface area contributed by atoms with Crippen LogP contribution in [-0.4, -0.2) is 39.6 Å². The van der Waals surface area contributed by atoms with E-state index >= 15 is 0 Å². The van der Waals surface area contributed by atoms with Crippen LogP contribution < -0.4 is 11.1 Å². The molecule has 0 radical (unpaired) electrons. The molecule has 0 atom stereocenters. The summed E-state index contributed by atoms with van der Waals surface area (Å²) in [6.45, 7) is 9.23. The lowest BCUT2D eigenvalue weighted by molar-refractivity contribution is -0.135. The van der Waals surface area contributed by atoms with E-state index in [0.717, 1.165) is 6.54 Å². The summed E-state index contributed by atoms with van der Waals surface area (Å²) in [5.41, 5.74) is 4.71. The first-order chi connectivity index (χ1) is 8.71. The van der Waals surface area contributed by atoms with E-state index in [9.17, 15) is 4.79 Å². The summed E-state index contributed by atoms with van der Waals surface area (Å²) in [7, 11) is 0. The molecule has 2 heterocycles. The second-order valence-electron chi connectivity index (χ2n) is 5.97. The van der Waals surface area contributed by atoms with Gasteiger partial charge < -0.3 is 15.6 Å². The average Bonchev–Trinajstić information content (AvgIpc) is 2.73. The lowest BCUT2D eigenvalue weighted by Gasteiger charge is -2.40. The molecule has 0 unspecified atom stereocenters. The van der Waals surface area contributed by atoms with E-state index in [1.165, 1.54) is 0 Å². The fraction of sp³-hybridized carbons (Fsp3) is 0.750. The summed E-state index contributed by atoms with van der Waals surface area (Å²) in [4.78, 5) is 18.2. The Balaban J connectivity index is 0.00000200. The highest BCUT2D eigenvalue weighted by molar-refractivity contribution is 5.86. The zero-order valence-electron chi connectivity index (χ0n) is 12.3. The third-order valence-electron chi connectivity index (χ3n) is 3.38. The quantitative estimate of drug-likeness (QED) is 0.838. The highest BCUT2D eigenvalue weighted by Crippen LogP contribution is 2.21. The van der Waals surface area contributed by atoms with Crippen LogP contribution in [0.15, 0.2) is 4.52 Å². The Morgan fingerprint density at radius 3 is 2.70 bits per heavy atom. The van der Waals surface area contributed by atoms with Gasteiger partial charge in [-0.3, -0.25) is 9.69 Å². The van der Waals surface area contributed by atoms with Gasteiger partial charge in [-0.05, 0) is 27.7 Å². The van der Waals surface area contributed by atoms with Gasteiger partial charge in [0.15, 0.2) is 5.82 Å². The SMILES string of the molecule is CC(C)(N)c1noc(CN2CCNC(=O)C2(C)C)n1.Cl. The van der Waals surface area contributed by atoms with Gasteiger partial charge in [0.05, 0.1) is 17.6 Å². The number of nitrogens with one attached hydrogen (secondary N) is 1. The molecule has 2 rings (SSSR count). The maximum atomic E-state index is 11.8. The van der Waals surface area contributed by atoms with E-state index in [-0.39, 0.29) is 18.3 Å². The molecule has 0 spiro atoms. The Hall–Kier alpha value is -1.18. The minimum Gasteiger partial charge on any atom is -0.353 e. The van der Waals surface area contributed by atoms with Crippen LogP contribution in [0.25, 0.3) is 0 Å². The number of carbonyl (C=O) groups excluding carboxylic acids is 1. The molecule has 8 heteroatoms. The van der Waals surface area contributed by atoms with Crippen molar-refractivity contribution in [1.29, 1.82) is 0 Å². The van der Waals surface area contributed by atoms with Crippen LogP contribution in [0.5, 0.6) is 0 Å². The van der Waals surface area contributed by atoms with Crippen molar-refractivity contribution in [2.75, 3.05) is 13.1 Å². The molecular formula is C12H22ClN5O2. The lowest BCUT2D eigenvalue weighted by Crippen LogP contribution is -2.61. The summed E-state index contributed by atoms with van der Waals surface area (Å²) in [5.74, 6) is 0.968. The van der Waals surface area contributed by atoms with Gasteiger partial charge in [-0.25, -0.2) is 0 Å². The fourth-order valence-electron chi connectivity index (χ4n) is 1.96. The standard InChI is InChI=1S/C12H21N5O2.ClH/c1-11(2,13)9-15-8(19-16-9)7-17-6-5-14-10(18)12(17,3)4;/h5-7,13H2,1-4H3,(H,14,18);1H. The van der Waals surface area contributed by atoms with Crippen LogP contribution in [-0.2, 0) is 16.9 Å².